The van der Waals surface area contributed by atoms with Crippen molar-refractivity contribution in [1.29, 1.82) is 0 Å². The topological polar surface area (TPSA) is 77.0 Å². The Balaban J connectivity index is 2.13. The number of ether oxygens (including phenoxy) is 1. The van der Waals surface area contributed by atoms with E-state index in [1.807, 2.05) is 48.5 Å². The van der Waals surface area contributed by atoms with Crippen LogP contribution in [0.15, 0.2) is 54.6 Å². The van der Waals surface area contributed by atoms with Crippen molar-refractivity contribution in [3.63, 3.8) is 0 Å². The molecule has 0 aliphatic heterocycles. The zero-order valence-corrected chi connectivity index (χ0v) is 10.4. The Labute approximate surface area is 111 Å². The van der Waals surface area contributed by atoms with Crippen molar-refractivity contribution in [1.82, 2.24) is 0 Å². The summed E-state index contributed by atoms with van der Waals surface area (Å²) in [6, 6.07) is 16.3. The molecule has 0 amide bonds. The lowest BCUT2D eigenvalue weighted by Gasteiger charge is -2.11. The smallest absolute Gasteiger partial charge is 0.127 e. The minimum absolute atomic E-state index is 0.102. The van der Waals surface area contributed by atoms with Gasteiger partial charge in [-0.3, -0.25) is 0 Å². The number of rotatable bonds is 5. The van der Waals surface area contributed by atoms with Gasteiger partial charge in [-0.2, -0.15) is 0 Å². The average Bonchev–Trinajstić information content (AvgIpc) is 2.39. The second kappa shape index (κ2) is 6.02. The SMILES string of the molecule is [NH3+]C(CC(=O)[O-])c1cccc(Oc2ccccc2)c1. The van der Waals surface area contributed by atoms with Gasteiger partial charge in [-0.05, 0) is 24.3 Å². The summed E-state index contributed by atoms with van der Waals surface area (Å²) in [6.45, 7) is 0. The van der Waals surface area contributed by atoms with Crippen LogP contribution in [0, 0.1) is 0 Å². The molecule has 2 aromatic carbocycles. The Morgan fingerprint density at radius 2 is 1.79 bits per heavy atom. The zero-order valence-electron chi connectivity index (χ0n) is 10.4. The van der Waals surface area contributed by atoms with E-state index in [9.17, 15) is 9.90 Å². The van der Waals surface area contributed by atoms with Crippen LogP contribution in [0.25, 0.3) is 0 Å². The van der Waals surface area contributed by atoms with Crippen LogP contribution in [0.5, 0.6) is 11.5 Å². The van der Waals surface area contributed by atoms with Crippen molar-refractivity contribution in [2.45, 2.75) is 12.5 Å². The monoisotopic (exact) mass is 257 g/mol. The Morgan fingerprint density at radius 1 is 1.11 bits per heavy atom. The van der Waals surface area contributed by atoms with Crippen molar-refractivity contribution in [2.24, 2.45) is 0 Å². The van der Waals surface area contributed by atoms with Gasteiger partial charge in [-0.1, -0.05) is 30.3 Å². The van der Waals surface area contributed by atoms with E-state index in [-0.39, 0.29) is 12.5 Å². The van der Waals surface area contributed by atoms with Crippen molar-refractivity contribution in [3.05, 3.63) is 60.2 Å². The summed E-state index contributed by atoms with van der Waals surface area (Å²) in [7, 11) is 0. The van der Waals surface area contributed by atoms with Gasteiger partial charge in [-0.15, -0.1) is 0 Å². The van der Waals surface area contributed by atoms with E-state index < -0.39 is 5.97 Å². The molecular formula is C15H15NO3. The summed E-state index contributed by atoms with van der Waals surface area (Å²) in [5.74, 6) is 0.297. The predicted molar refractivity (Wildman–Crippen MR) is 68.2 cm³/mol. The maximum atomic E-state index is 10.6. The first kappa shape index (κ1) is 13.1. The van der Waals surface area contributed by atoms with Crippen LogP contribution in [0.4, 0.5) is 0 Å². The molecule has 3 N–H and O–H groups in total. The number of hydrogen-bond donors (Lipinski definition) is 1. The number of hydrogen-bond acceptors (Lipinski definition) is 3. The van der Waals surface area contributed by atoms with Crippen molar-refractivity contribution < 1.29 is 20.4 Å². The molecule has 0 fully saturated rings. The molecule has 0 aliphatic rings. The fourth-order valence-corrected chi connectivity index (χ4v) is 1.78. The molecule has 0 aliphatic carbocycles. The van der Waals surface area contributed by atoms with Gasteiger partial charge in [0.05, 0.1) is 0 Å². The number of aliphatic carboxylic acids is 1. The summed E-state index contributed by atoms with van der Waals surface area (Å²) in [5, 5.41) is 10.6. The summed E-state index contributed by atoms with van der Waals surface area (Å²) >= 11 is 0. The summed E-state index contributed by atoms with van der Waals surface area (Å²) < 4.78 is 5.68. The Morgan fingerprint density at radius 3 is 2.47 bits per heavy atom. The molecule has 1 unspecified atom stereocenters. The van der Waals surface area contributed by atoms with Gasteiger partial charge in [0.15, 0.2) is 0 Å². The first-order chi connectivity index (χ1) is 9.15. The van der Waals surface area contributed by atoms with Crippen molar-refractivity contribution in [3.8, 4) is 11.5 Å². The van der Waals surface area contributed by atoms with Crippen LogP contribution < -0.4 is 15.6 Å². The molecule has 0 heterocycles. The quantitative estimate of drug-likeness (QED) is 0.864. The Bertz CT molecular complexity index is 554. The minimum atomic E-state index is -1.10. The van der Waals surface area contributed by atoms with Crippen LogP contribution in [0.2, 0.25) is 0 Å². The highest BCUT2D eigenvalue weighted by Crippen LogP contribution is 2.24. The van der Waals surface area contributed by atoms with Gasteiger partial charge in [-0.25, -0.2) is 0 Å². The number of carboxylic acid groups (broad SMARTS) is 1. The number of carboxylic acids is 1. The highest BCUT2D eigenvalue weighted by molar-refractivity contribution is 5.65. The highest BCUT2D eigenvalue weighted by atomic mass is 16.5. The van der Waals surface area contributed by atoms with Crippen LogP contribution in [-0.4, -0.2) is 5.97 Å². The van der Waals surface area contributed by atoms with Crippen LogP contribution in [0.1, 0.15) is 18.0 Å². The fourth-order valence-electron chi connectivity index (χ4n) is 1.78. The molecule has 19 heavy (non-hydrogen) atoms. The number of carbonyl (C=O) groups is 1. The molecular weight excluding hydrogens is 242 g/mol. The maximum Gasteiger partial charge on any atom is 0.127 e. The van der Waals surface area contributed by atoms with E-state index in [1.54, 1.807) is 6.07 Å². The second-order valence-corrected chi connectivity index (χ2v) is 4.26. The summed E-state index contributed by atoms with van der Waals surface area (Å²) in [6.07, 6.45) is -0.102. The standard InChI is InChI=1S/C15H15NO3/c16-14(10-15(17)18)11-5-4-8-13(9-11)19-12-6-2-1-3-7-12/h1-9,14H,10,16H2,(H,17,18). The third kappa shape index (κ3) is 3.82. The molecule has 0 saturated carbocycles. The van der Waals surface area contributed by atoms with E-state index in [4.69, 9.17) is 4.74 Å². The first-order valence-electron chi connectivity index (χ1n) is 6.01. The Kier molecular flexibility index (Phi) is 4.15. The van der Waals surface area contributed by atoms with E-state index in [0.29, 0.717) is 5.75 Å². The highest BCUT2D eigenvalue weighted by Gasteiger charge is 2.11. The van der Waals surface area contributed by atoms with Gasteiger partial charge >= 0.3 is 0 Å². The maximum absolute atomic E-state index is 10.6. The lowest BCUT2D eigenvalue weighted by Crippen LogP contribution is -2.55. The third-order valence-corrected chi connectivity index (χ3v) is 2.72. The number of para-hydroxylation sites is 1. The molecule has 0 bridgehead atoms. The lowest BCUT2D eigenvalue weighted by atomic mass is 10.0. The molecule has 0 spiro atoms. The van der Waals surface area contributed by atoms with Crippen molar-refractivity contribution >= 4 is 5.97 Å². The van der Waals surface area contributed by atoms with E-state index in [2.05, 4.69) is 5.73 Å². The molecule has 2 aromatic rings. The number of carbonyl (C=O) groups excluding carboxylic acids is 1. The molecule has 4 heteroatoms. The predicted octanol–water partition coefficient (Wildman–Crippen LogP) is 0.902. The third-order valence-electron chi connectivity index (χ3n) is 2.72. The normalized spacial score (nSPS) is 11.8. The van der Waals surface area contributed by atoms with Crippen LogP contribution in [-0.2, 0) is 4.79 Å². The van der Waals surface area contributed by atoms with Gasteiger partial charge in [0.1, 0.15) is 17.5 Å². The lowest BCUT2D eigenvalue weighted by molar-refractivity contribution is -0.430. The van der Waals surface area contributed by atoms with E-state index in [0.717, 1.165) is 11.3 Å². The van der Waals surface area contributed by atoms with E-state index in [1.165, 1.54) is 0 Å². The fraction of sp³-hybridized carbons (Fsp3) is 0.133. The molecule has 4 nitrogen and oxygen atoms in total. The van der Waals surface area contributed by atoms with Gasteiger partial charge in [0.2, 0.25) is 0 Å². The Hall–Kier alpha value is -2.33. The van der Waals surface area contributed by atoms with Gasteiger partial charge in [0, 0.05) is 18.0 Å². The molecule has 0 saturated heterocycles. The first-order valence-corrected chi connectivity index (χ1v) is 6.01. The van der Waals surface area contributed by atoms with Crippen LogP contribution in [0.3, 0.4) is 0 Å². The molecule has 98 valence electrons. The summed E-state index contributed by atoms with van der Waals surface area (Å²) in [4.78, 5) is 10.6. The number of quaternary nitrogens is 1. The van der Waals surface area contributed by atoms with Crippen molar-refractivity contribution in [2.75, 3.05) is 0 Å². The van der Waals surface area contributed by atoms with E-state index >= 15 is 0 Å². The molecule has 1 atom stereocenters. The number of benzene rings is 2. The van der Waals surface area contributed by atoms with Crippen LogP contribution >= 0.6 is 0 Å². The summed E-state index contributed by atoms with van der Waals surface area (Å²) in [5.41, 5.74) is 4.64. The van der Waals surface area contributed by atoms with Gasteiger partial charge < -0.3 is 20.4 Å². The largest absolute Gasteiger partial charge is 0.550 e. The van der Waals surface area contributed by atoms with Gasteiger partial charge in [0.25, 0.3) is 0 Å². The zero-order chi connectivity index (χ0) is 13.7. The second-order valence-electron chi connectivity index (χ2n) is 4.26. The molecule has 2 rings (SSSR count). The molecule has 0 radical (unpaired) electrons. The average molecular weight is 257 g/mol. The minimum Gasteiger partial charge on any atom is -0.550 e. The molecule has 0 aromatic heterocycles.